The van der Waals surface area contributed by atoms with Crippen molar-refractivity contribution in [3.05, 3.63) is 34.1 Å². The topological polar surface area (TPSA) is 32.3 Å². The molecule has 2 N–H and O–H groups in total. The Morgan fingerprint density at radius 1 is 1.47 bits per heavy atom. The number of nitrogens with one attached hydrogen (secondary N) is 1. The van der Waals surface area contributed by atoms with Crippen LogP contribution in [0.3, 0.4) is 0 Å². The van der Waals surface area contributed by atoms with Gasteiger partial charge < -0.3 is 10.4 Å². The van der Waals surface area contributed by atoms with Gasteiger partial charge >= 0.3 is 0 Å². The van der Waals surface area contributed by atoms with Gasteiger partial charge in [-0.05, 0) is 37.6 Å². The first kappa shape index (κ1) is 12.6. The van der Waals surface area contributed by atoms with E-state index < -0.39 is 5.60 Å². The SMILES string of the molecule is CC(C)(O)CNCc1cc(F)ccc1Br. The summed E-state index contributed by atoms with van der Waals surface area (Å²) in [5.74, 6) is -0.252. The Morgan fingerprint density at radius 2 is 2.13 bits per heavy atom. The second-order valence-electron chi connectivity index (χ2n) is 4.15. The Balaban J connectivity index is 2.54. The van der Waals surface area contributed by atoms with Crippen molar-refractivity contribution in [1.29, 1.82) is 0 Å². The molecule has 0 aliphatic carbocycles. The van der Waals surface area contributed by atoms with Crippen molar-refractivity contribution >= 4 is 15.9 Å². The number of benzene rings is 1. The summed E-state index contributed by atoms with van der Waals surface area (Å²) in [6.07, 6.45) is 0. The van der Waals surface area contributed by atoms with Crippen LogP contribution in [0.4, 0.5) is 4.39 Å². The molecule has 0 saturated carbocycles. The molecule has 4 heteroatoms. The lowest BCUT2D eigenvalue weighted by atomic mass is 10.1. The van der Waals surface area contributed by atoms with E-state index in [0.717, 1.165) is 10.0 Å². The molecule has 0 aliphatic heterocycles. The van der Waals surface area contributed by atoms with E-state index in [-0.39, 0.29) is 5.82 Å². The Labute approximate surface area is 97.6 Å². The molecule has 1 rings (SSSR count). The highest BCUT2D eigenvalue weighted by molar-refractivity contribution is 9.10. The van der Waals surface area contributed by atoms with Crippen LogP contribution in [0.1, 0.15) is 19.4 Å². The van der Waals surface area contributed by atoms with Crippen LogP contribution in [0.5, 0.6) is 0 Å². The molecule has 2 nitrogen and oxygen atoms in total. The van der Waals surface area contributed by atoms with Crippen molar-refractivity contribution in [2.75, 3.05) is 6.54 Å². The van der Waals surface area contributed by atoms with Gasteiger partial charge in [-0.3, -0.25) is 0 Å². The van der Waals surface area contributed by atoms with Crippen molar-refractivity contribution in [3.8, 4) is 0 Å². The summed E-state index contributed by atoms with van der Waals surface area (Å²) in [7, 11) is 0. The average molecular weight is 276 g/mol. The smallest absolute Gasteiger partial charge is 0.123 e. The summed E-state index contributed by atoms with van der Waals surface area (Å²) in [5.41, 5.74) is 0.0963. The molecule has 84 valence electrons. The van der Waals surface area contributed by atoms with Gasteiger partial charge in [0.2, 0.25) is 0 Å². The molecule has 1 aromatic carbocycles. The molecule has 0 radical (unpaired) electrons. The summed E-state index contributed by atoms with van der Waals surface area (Å²) in [4.78, 5) is 0. The van der Waals surface area contributed by atoms with E-state index >= 15 is 0 Å². The fraction of sp³-hybridized carbons (Fsp3) is 0.455. The lowest BCUT2D eigenvalue weighted by molar-refractivity contribution is 0.0795. The normalized spacial score (nSPS) is 11.8. The lowest BCUT2D eigenvalue weighted by Crippen LogP contribution is -2.34. The van der Waals surface area contributed by atoms with Crippen LogP contribution in [-0.2, 0) is 6.54 Å². The highest BCUT2D eigenvalue weighted by Crippen LogP contribution is 2.17. The summed E-state index contributed by atoms with van der Waals surface area (Å²) in [5, 5.41) is 12.5. The van der Waals surface area contributed by atoms with E-state index in [9.17, 15) is 9.50 Å². The van der Waals surface area contributed by atoms with E-state index in [4.69, 9.17) is 0 Å². The molecule has 1 aromatic rings. The molecule has 0 saturated heterocycles. The maximum atomic E-state index is 12.9. The van der Waals surface area contributed by atoms with E-state index in [1.165, 1.54) is 12.1 Å². The van der Waals surface area contributed by atoms with Gasteiger partial charge in [-0.15, -0.1) is 0 Å². The van der Waals surface area contributed by atoms with Crippen LogP contribution >= 0.6 is 15.9 Å². The van der Waals surface area contributed by atoms with Gasteiger partial charge in [0, 0.05) is 17.6 Å². The predicted octanol–water partition coefficient (Wildman–Crippen LogP) is 2.45. The quantitative estimate of drug-likeness (QED) is 0.885. The molecule has 0 spiro atoms. The van der Waals surface area contributed by atoms with Crippen molar-refractivity contribution in [3.63, 3.8) is 0 Å². The van der Waals surface area contributed by atoms with Gasteiger partial charge in [0.25, 0.3) is 0 Å². The Hall–Kier alpha value is -0.450. The van der Waals surface area contributed by atoms with E-state index in [1.807, 2.05) is 0 Å². The van der Waals surface area contributed by atoms with Crippen LogP contribution < -0.4 is 5.32 Å². The largest absolute Gasteiger partial charge is 0.389 e. The molecule has 15 heavy (non-hydrogen) atoms. The zero-order valence-electron chi connectivity index (χ0n) is 8.85. The molecule has 0 amide bonds. The van der Waals surface area contributed by atoms with Crippen LogP contribution in [0, 0.1) is 5.82 Å². The third-order valence-electron chi connectivity index (χ3n) is 1.88. The molecular formula is C11H15BrFNO. The Morgan fingerprint density at radius 3 is 2.73 bits per heavy atom. The van der Waals surface area contributed by atoms with E-state index in [1.54, 1.807) is 19.9 Å². The van der Waals surface area contributed by atoms with Crippen LogP contribution in [-0.4, -0.2) is 17.3 Å². The first-order valence-corrected chi connectivity index (χ1v) is 5.55. The number of aliphatic hydroxyl groups is 1. The zero-order chi connectivity index (χ0) is 11.5. The Kier molecular flexibility index (Phi) is 4.25. The maximum absolute atomic E-state index is 12.9. The molecule has 0 fully saturated rings. The summed E-state index contributed by atoms with van der Waals surface area (Å²) in [6.45, 7) is 4.44. The van der Waals surface area contributed by atoms with Crippen molar-refractivity contribution in [2.45, 2.75) is 26.0 Å². The lowest BCUT2D eigenvalue weighted by Gasteiger charge is -2.18. The monoisotopic (exact) mass is 275 g/mol. The fourth-order valence-corrected chi connectivity index (χ4v) is 1.57. The van der Waals surface area contributed by atoms with Gasteiger partial charge in [-0.1, -0.05) is 15.9 Å². The average Bonchev–Trinajstić information content (AvgIpc) is 2.09. The molecule has 0 heterocycles. The summed E-state index contributed by atoms with van der Waals surface area (Å²) >= 11 is 3.34. The standard InChI is InChI=1S/C11H15BrFNO/c1-11(2,15)7-14-6-8-5-9(13)3-4-10(8)12/h3-5,14-15H,6-7H2,1-2H3. The van der Waals surface area contributed by atoms with Crippen molar-refractivity contribution in [1.82, 2.24) is 5.32 Å². The molecular weight excluding hydrogens is 261 g/mol. The van der Waals surface area contributed by atoms with E-state index in [2.05, 4.69) is 21.2 Å². The van der Waals surface area contributed by atoms with Gasteiger partial charge in [-0.2, -0.15) is 0 Å². The molecule has 0 aliphatic rings. The van der Waals surface area contributed by atoms with Crippen molar-refractivity contribution < 1.29 is 9.50 Å². The van der Waals surface area contributed by atoms with Crippen molar-refractivity contribution in [2.24, 2.45) is 0 Å². The Bertz CT molecular complexity index is 336. The molecule has 0 unspecified atom stereocenters. The predicted molar refractivity (Wildman–Crippen MR) is 62.1 cm³/mol. The molecule has 0 bridgehead atoms. The van der Waals surface area contributed by atoms with Gasteiger partial charge in [0.1, 0.15) is 5.82 Å². The number of hydrogen-bond acceptors (Lipinski definition) is 2. The first-order chi connectivity index (χ1) is 6.88. The second-order valence-corrected chi connectivity index (χ2v) is 5.01. The minimum Gasteiger partial charge on any atom is -0.389 e. The highest BCUT2D eigenvalue weighted by atomic mass is 79.9. The van der Waals surface area contributed by atoms with Gasteiger partial charge in [0.05, 0.1) is 5.60 Å². The third kappa shape index (κ3) is 4.73. The molecule has 0 aromatic heterocycles. The van der Waals surface area contributed by atoms with Gasteiger partial charge in [-0.25, -0.2) is 4.39 Å². The zero-order valence-corrected chi connectivity index (χ0v) is 10.4. The van der Waals surface area contributed by atoms with E-state index in [0.29, 0.717) is 13.1 Å². The minimum atomic E-state index is -0.750. The number of halogens is 2. The highest BCUT2D eigenvalue weighted by Gasteiger charge is 2.11. The maximum Gasteiger partial charge on any atom is 0.123 e. The summed E-state index contributed by atoms with van der Waals surface area (Å²) in [6, 6.07) is 4.56. The van der Waals surface area contributed by atoms with Crippen LogP contribution in [0.15, 0.2) is 22.7 Å². The van der Waals surface area contributed by atoms with Crippen LogP contribution in [0.2, 0.25) is 0 Å². The second kappa shape index (κ2) is 5.05. The summed E-state index contributed by atoms with van der Waals surface area (Å²) < 4.78 is 13.8. The number of rotatable bonds is 4. The molecule has 0 atom stereocenters. The number of hydrogen-bond donors (Lipinski definition) is 2. The first-order valence-electron chi connectivity index (χ1n) is 4.75. The third-order valence-corrected chi connectivity index (χ3v) is 2.65. The van der Waals surface area contributed by atoms with Gasteiger partial charge in [0.15, 0.2) is 0 Å². The van der Waals surface area contributed by atoms with Crippen LogP contribution in [0.25, 0.3) is 0 Å². The minimum absolute atomic E-state index is 0.252. The fourth-order valence-electron chi connectivity index (χ4n) is 1.18.